The summed E-state index contributed by atoms with van der Waals surface area (Å²) in [6.45, 7) is 1.93. The molecule has 0 aromatic rings. The molecule has 6 N–H and O–H groups in total. The van der Waals surface area contributed by atoms with Gasteiger partial charge in [-0.3, -0.25) is 0 Å². The van der Waals surface area contributed by atoms with Crippen LogP contribution in [-0.2, 0) is 0 Å². The quantitative estimate of drug-likeness (QED) is 0.374. The van der Waals surface area contributed by atoms with Gasteiger partial charge in [-0.25, -0.2) is 4.79 Å². The third-order valence-corrected chi connectivity index (χ3v) is 0. The lowest BCUT2D eigenvalue weighted by Crippen LogP contribution is -1.81. The van der Waals surface area contributed by atoms with E-state index in [1.165, 1.54) is 0 Å². The van der Waals surface area contributed by atoms with Crippen molar-refractivity contribution < 1.29 is 20.1 Å². The molecule has 0 rings (SSSR count). The largest absolute Gasteiger partial charge is 0.503 e. The highest BCUT2D eigenvalue weighted by molar-refractivity contribution is 5.53. The number of hydrogen-bond acceptors (Lipinski definition) is 3. The fraction of sp³-hybridized carbons (Fsp3) is 0.667. The summed E-state index contributed by atoms with van der Waals surface area (Å²) in [6.07, 6.45) is -1.83. The Kier molecular flexibility index (Phi) is 32.1. The van der Waals surface area contributed by atoms with Gasteiger partial charge in [-0.2, -0.15) is 0 Å². The predicted octanol–water partition coefficient (Wildman–Crippen LogP) is 0.383. The molecule has 0 radical (unpaired) electrons. The molecule has 0 aliphatic heterocycles. The molecule has 0 aromatic heterocycles. The van der Waals surface area contributed by atoms with Gasteiger partial charge in [0.15, 0.2) is 0 Å². The van der Waals surface area contributed by atoms with Crippen LogP contribution in [0.5, 0.6) is 0 Å². The van der Waals surface area contributed by atoms with Gasteiger partial charge < -0.3 is 21.5 Å². The van der Waals surface area contributed by atoms with Crippen molar-refractivity contribution in [1.82, 2.24) is 6.15 Å². The Morgan fingerprint density at radius 1 is 1.50 bits per heavy atom. The third-order valence-electron chi connectivity index (χ3n) is 0. The predicted molar refractivity (Wildman–Crippen MR) is 28.4 cm³/mol. The molecule has 52 valence electrons. The van der Waals surface area contributed by atoms with Crippen LogP contribution in [0.25, 0.3) is 0 Å². The smallest absolute Gasteiger partial charge is 0.450 e. The first-order valence-corrected chi connectivity index (χ1v) is 1.67. The maximum absolute atomic E-state index is 8.56. The molecular formula is C3H11NO4. The highest BCUT2D eigenvalue weighted by Gasteiger charge is 1.70. The van der Waals surface area contributed by atoms with Crippen molar-refractivity contribution >= 4 is 6.16 Å². The first kappa shape index (κ1) is 15.7. The van der Waals surface area contributed by atoms with Gasteiger partial charge >= 0.3 is 6.16 Å². The zero-order valence-electron chi connectivity index (χ0n) is 4.66. The number of rotatable bonds is 0. The Bertz CT molecular complexity index is 42.5. The van der Waals surface area contributed by atoms with Crippen molar-refractivity contribution in [2.75, 3.05) is 6.61 Å². The summed E-state index contributed by atoms with van der Waals surface area (Å²) in [5.41, 5.74) is 0. The second-order valence-electron chi connectivity index (χ2n) is 0.599. The molecule has 8 heavy (non-hydrogen) atoms. The van der Waals surface area contributed by atoms with E-state index in [1.807, 2.05) is 0 Å². The normalized spacial score (nSPS) is 5.25. The molecule has 0 bridgehead atoms. The molecule has 0 atom stereocenters. The average molecular weight is 125 g/mol. The minimum absolute atomic E-state index is 0. The molecule has 0 heterocycles. The van der Waals surface area contributed by atoms with Gasteiger partial charge in [0.2, 0.25) is 0 Å². The van der Waals surface area contributed by atoms with E-state index < -0.39 is 6.16 Å². The second-order valence-corrected chi connectivity index (χ2v) is 0.599. The van der Waals surface area contributed by atoms with E-state index in [1.54, 1.807) is 6.92 Å². The molecule has 5 heteroatoms. The monoisotopic (exact) mass is 125 g/mol. The molecule has 0 amide bonds. The zero-order chi connectivity index (χ0) is 6.28. The molecule has 0 unspecified atom stereocenters. The van der Waals surface area contributed by atoms with Gasteiger partial charge in [0, 0.05) is 6.61 Å². The highest BCUT2D eigenvalue weighted by atomic mass is 16.6. The summed E-state index contributed by atoms with van der Waals surface area (Å²) < 4.78 is 0. The van der Waals surface area contributed by atoms with E-state index in [-0.39, 0.29) is 12.8 Å². The number of hydrogen-bond donors (Lipinski definition) is 4. The van der Waals surface area contributed by atoms with E-state index in [9.17, 15) is 0 Å². The average Bonchev–Trinajstić information content (AvgIpc) is 1.33. The van der Waals surface area contributed by atoms with E-state index in [0.717, 1.165) is 0 Å². The minimum Gasteiger partial charge on any atom is -0.450 e. The van der Waals surface area contributed by atoms with Crippen LogP contribution >= 0.6 is 0 Å². The molecule has 0 aromatic carbocycles. The Hall–Kier alpha value is -0.810. The maximum Gasteiger partial charge on any atom is 0.503 e. The van der Waals surface area contributed by atoms with Crippen molar-refractivity contribution in [3.05, 3.63) is 0 Å². The number of aliphatic hydroxyl groups excluding tert-OH is 1. The Morgan fingerprint density at radius 2 is 1.50 bits per heavy atom. The fourth-order valence-corrected chi connectivity index (χ4v) is 0. The molecule has 0 aliphatic carbocycles. The van der Waals surface area contributed by atoms with E-state index in [4.69, 9.17) is 20.1 Å². The maximum atomic E-state index is 8.56. The van der Waals surface area contributed by atoms with Crippen LogP contribution in [0.2, 0.25) is 0 Å². The van der Waals surface area contributed by atoms with Gasteiger partial charge in [0.1, 0.15) is 0 Å². The van der Waals surface area contributed by atoms with Crippen LogP contribution < -0.4 is 6.15 Å². The lowest BCUT2D eigenvalue weighted by Gasteiger charge is -1.60. The SMILES string of the molecule is CCO.N.O=C(O)O. The van der Waals surface area contributed by atoms with Crippen molar-refractivity contribution in [3.8, 4) is 0 Å². The number of carboxylic acid groups (broad SMARTS) is 2. The molecule has 0 aliphatic rings. The summed E-state index contributed by atoms with van der Waals surface area (Å²) >= 11 is 0. The summed E-state index contributed by atoms with van der Waals surface area (Å²) in [7, 11) is 0. The van der Waals surface area contributed by atoms with Crippen molar-refractivity contribution in [2.45, 2.75) is 6.92 Å². The van der Waals surface area contributed by atoms with Crippen molar-refractivity contribution in [3.63, 3.8) is 0 Å². The summed E-state index contributed by atoms with van der Waals surface area (Å²) in [5, 5.41) is 21.5. The van der Waals surface area contributed by atoms with Crippen LogP contribution in [0.1, 0.15) is 6.92 Å². The third kappa shape index (κ3) is 139. The molecule has 0 saturated carbocycles. The molecule has 0 spiro atoms. The lowest BCUT2D eigenvalue weighted by molar-refractivity contribution is 0.137. The van der Waals surface area contributed by atoms with Crippen molar-refractivity contribution in [1.29, 1.82) is 0 Å². The summed E-state index contributed by atoms with van der Waals surface area (Å²) in [4.78, 5) is 8.56. The van der Waals surface area contributed by atoms with Crippen LogP contribution in [0.3, 0.4) is 0 Å². The van der Waals surface area contributed by atoms with Crippen LogP contribution in [-0.4, -0.2) is 28.1 Å². The first-order chi connectivity index (χ1) is 3.15. The van der Waals surface area contributed by atoms with Crippen molar-refractivity contribution in [2.24, 2.45) is 0 Å². The molecule has 0 saturated heterocycles. The lowest BCUT2D eigenvalue weighted by atomic mass is 10.9. The summed E-state index contributed by atoms with van der Waals surface area (Å²) in [6, 6.07) is 0. The van der Waals surface area contributed by atoms with E-state index >= 15 is 0 Å². The topological polar surface area (TPSA) is 113 Å². The van der Waals surface area contributed by atoms with Gasteiger partial charge in [-0.15, -0.1) is 0 Å². The minimum atomic E-state index is -1.83. The van der Waals surface area contributed by atoms with Gasteiger partial charge in [0.25, 0.3) is 0 Å². The van der Waals surface area contributed by atoms with Gasteiger partial charge in [-0.05, 0) is 6.92 Å². The van der Waals surface area contributed by atoms with E-state index in [0.29, 0.717) is 0 Å². The number of aliphatic hydroxyl groups is 1. The Morgan fingerprint density at radius 3 is 1.50 bits per heavy atom. The standard InChI is InChI=1S/C2H6O.CH2O3.H3N/c1-2-3;2-1(3)4;/h3H,2H2,1H3;(H2,2,3,4);1H3. The Labute approximate surface area is 47.2 Å². The second kappa shape index (κ2) is 16.4. The van der Waals surface area contributed by atoms with Gasteiger partial charge in [0.05, 0.1) is 0 Å². The molecule has 0 fully saturated rings. The zero-order valence-corrected chi connectivity index (χ0v) is 4.66. The molecule has 5 nitrogen and oxygen atoms in total. The summed E-state index contributed by atoms with van der Waals surface area (Å²) in [5.74, 6) is 0. The molecular weight excluding hydrogens is 114 g/mol. The number of carbonyl (C=O) groups is 1. The van der Waals surface area contributed by atoms with Crippen LogP contribution in [0.4, 0.5) is 4.79 Å². The van der Waals surface area contributed by atoms with Crippen LogP contribution in [0.15, 0.2) is 0 Å². The van der Waals surface area contributed by atoms with Gasteiger partial charge in [-0.1, -0.05) is 0 Å². The Balaban J connectivity index is -0.0000000575. The van der Waals surface area contributed by atoms with Crippen LogP contribution in [0, 0.1) is 0 Å². The highest BCUT2D eigenvalue weighted by Crippen LogP contribution is 1.42. The first-order valence-electron chi connectivity index (χ1n) is 1.67. The van der Waals surface area contributed by atoms with E-state index in [2.05, 4.69) is 0 Å². The fourth-order valence-electron chi connectivity index (χ4n) is 0.